The molecule has 0 aliphatic rings. The van der Waals surface area contributed by atoms with Crippen LogP contribution in [0.1, 0.15) is 46.5 Å². The van der Waals surface area contributed by atoms with Crippen molar-refractivity contribution in [3.63, 3.8) is 0 Å². The fraction of sp³-hybridized carbons (Fsp3) is 1.00. The monoisotopic (exact) mass is 188 g/mol. The van der Waals surface area contributed by atoms with Crippen molar-refractivity contribution in [2.24, 2.45) is 5.92 Å². The molecule has 0 aliphatic heterocycles. The number of hydrogen-bond donors (Lipinski definition) is 1. The predicted octanol–water partition coefficient (Wildman–Crippen LogP) is 2.60. The molecule has 1 unspecified atom stereocenters. The van der Waals surface area contributed by atoms with Crippen molar-refractivity contribution in [2.75, 3.05) is 13.2 Å². The zero-order valence-corrected chi connectivity index (χ0v) is 9.25. The van der Waals surface area contributed by atoms with Crippen molar-refractivity contribution in [2.45, 2.75) is 52.6 Å². The van der Waals surface area contributed by atoms with Crippen molar-refractivity contribution in [1.82, 2.24) is 0 Å². The van der Waals surface area contributed by atoms with Crippen molar-refractivity contribution in [3.8, 4) is 0 Å². The van der Waals surface area contributed by atoms with Crippen LogP contribution in [0.15, 0.2) is 0 Å². The summed E-state index contributed by atoms with van der Waals surface area (Å²) in [5.74, 6) is 0.679. The van der Waals surface area contributed by atoms with Gasteiger partial charge in [0.2, 0.25) is 0 Å². The molecule has 0 aromatic carbocycles. The lowest BCUT2D eigenvalue weighted by atomic mass is 10.0. The molecule has 0 aliphatic carbocycles. The molecule has 0 spiro atoms. The SMILES string of the molecule is CCCCC(CC)COC[C@H](C)O. The molecule has 0 saturated carbocycles. The molecule has 0 rings (SSSR count). The van der Waals surface area contributed by atoms with E-state index in [2.05, 4.69) is 13.8 Å². The third-order valence-electron chi connectivity index (χ3n) is 2.26. The van der Waals surface area contributed by atoms with Gasteiger partial charge >= 0.3 is 0 Å². The average Bonchev–Trinajstić information content (AvgIpc) is 2.10. The Labute approximate surface area is 82.3 Å². The van der Waals surface area contributed by atoms with Gasteiger partial charge in [0.15, 0.2) is 0 Å². The first-order chi connectivity index (χ1) is 6.20. The standard InChI is InChI=1S/C11H24O2/c1-4-6-7-11(5-2)9-13-8-10(3)12/h10-12H,4-9H2,1-3H3/t10-,11?/m0/s1. The van der Waals surface area contributed by atoms with E-state index in [0.717, 1.165) is 6.61 Å². The van der Waals surface area contributed by atoms with Gasteiger partial charge < -0.3 is 9.84 Å². The van der Waals surface area contributed by atoms with E-state index in [9.17, 15) is 0 Å². The zero-order chi connectivity index (χ0) is 10.1. The van der Waals surface area contributed by atoms with Crippen molar-refractivity contribution in [3.05, 3.63) is 0 Å². The lowest BCUT2D eigenvalue weighted by Crippen LogP contribution is -2.15. The molecule has 0 bridgehead atoms. The number of aliphatic hydroxyl groups excluding tert-OH is 1. The van der Waals surface area contributed by atoms with E-state index < -0.39 is 0 Å². The molecule has 0 fully saturated rings. The molecule has 0 amide bonds. The smallest absolute Gasteiger partial charge is 0.0745 e. The molecular weight excluding hydrogens is 164 g/mol. The minimum absolute atomic E-state index is 0.330. The van der Waals surface area contributed by atoms with Gasteiger partial charge in [0.1, 0.15) is 0 Å². The van der Waals surface area contributed by atoms with Gasteiger partial charge in [0, 0.05) is 6.61 Å². The lowest BCUT2D eigenvalue weighted by Gasteiger charge is -2.15. The molecule has 80 valence electrons. The van der Waals surface area contributed by atoms with Crippen LogP contribution in [0.5, 0.6) is 0 Å². The highest BCUT2D eigenvalue weighted by atomic mass is 16.5. The molecule has 13 heavy (non-hydrogen) atoms. The Hall–Kier alpha value is -0.0800. The number of aliphatic hydroxyl groups is 1. The average molecular weight is 188 g/mol. The van der Waals surface area contributed by atoms with Crippen LogP contribution in [0.4, 0.5) is 0 Å². The summed E-state index contributed by atoms with van der Waals surface area (Å²) in [7, 11) is 0. The maximum absolute atomic E-state index is 8.99. The quantitative estimate of drug-likeness (QED) is 0.634. The molecule has 0 aromatic rings. The number of unbranched alkanes of at least 4 members (excludes halogenated alkanes) is 1. The molecular formula is C11H24O2. The van der Waals surface area contributed by atoms with Crippen LogP contribution >= 0.6 is 0 Å². The molecule has 0 aromatic heterocycles. The topological polar surface area (TPSA) is 29.5 Å². The first kappa shape index (κ1) is 12.9. The summed E-state index contributed by atoms with van der Waals surface area (Å²) in [6, 6.07) is 0. The highest BCUT2D eigenvalue weighted by Crippen LogP contribution is 2.12. The first-order valence-corrected chi connectivity index (χ1v) is 5.46. The second-order valence-corrected chi connectivity index (χ2v) is 3.80. The van der Waals surface area contributed by atoms with Gasteiger partial charge in [-0.05, 0) is 19.3 Å². The van der Waals surface area contributed by atoms with Gasteiger partial charge in [-0.1, -0.05) is 33.1 Å². The second-order valence-electron chi connectivity index (χ2n) is 3.80. The van der Waals surface area contributed by atoms with E-state index >= 15 is 0 Å². The number of hydrogen-bond acceptors (Lipinski definition) is 2. The summed E-state index contributed by atoms with van der Waals surface area (Å²) in [5.41, 5.74) is 0. The van der Waals surface area contributed by atoms with E-state index in [1.807, 2.05) is 0 Å². The Bertz CT molecular complexity index is 102. The largest absolute Gasteiger partial charge is 0.391 e. The van der Waals surface area contributed by atoms with Crippen LogP contribution in [-0.4, -0.2) is 24.4 Å². The first-order valence-electron chi connectivity index (χ1n) is 5.46. The summed E-state index contributed by atoms with van der Waals surface area (Å²) in [6.45, 7) is 7.45. The second kappa shape index (κ2) is 8.52. The number of ether oxygens (including phenoxy) is 1. The molecule has 0 saturated heterocycles. The Morgan fingerprint density at radius 1 is 1.23 bits per heavy atom. The van der Waals surface area contributed by atoms with Crippen LogP contribution in [0, 0.1) is 5.92 Å². The van der Waals surface area contributed by atoms with Crippen LogP contribution < -0.4 is 0 Å². The molecule has 0 heterocycles. The summed E-state index contributed by atoms with van der Waals surface area (Å²) < 4.78 is 5.40. The van der Waals surface area contributed by atoms with Gasteiger partial charge in [-0.3, -0.25) is 0 Å². The maximum Gasteiger partial charge on any atom is 0.0745 e. The van der Waals surface area contributed by atoms with Crippen LogP contribution in [0.25, 0.3) is 0 Å². The Balaban J connectivity index is 3.36. The van der Waals surface area contributed by atoms with Gasteiger partial charge in [-0.15, -0.1) is 0 Å². The summed E-state index contributed by atoms with van der Waals surface area (Å²) in [4.78, 5) is 0. The van der Waals surface area contributed by atoms with Gasteiger partial charge in [0.05, 0.1) is 12.7 Å². The van der Waals surface area contributed by atoms with Crippen LogP contribution in [0.3, 0.4) is 0 Å². The fourth-order valence-corrected chi connectivity index (χ4v) is 1.30. The molecule has 0 radical (unpaired) electrons. The van der Waals surface area contributed by atoms with Crippen molar-refractivity contribution in [1.29, 1.82) is 0 Å². The Kier molecular flexibility index (Phi) is 8.46. The van der Waals surface area contributed by atoms with Gasteiger partial charge in [0.25, 0.3) is 0 Å². The highest BCUT2D eigenvalue weighted by Gasteiger charge is 2.06. The van der Waals surface area contributed by atoms with Crippen molar-refractivity contribution < 1.29 is 9.84 Å². The van der Waals surface area contributed by atoms with E-state index in [1.54, 1.807) is 6.92 Å². The molecule has 2 heteroatoms. The summed E-state index contributed by atoms with van der Waals surface area (Å²) in [6.07, 6.45) is 4.65. The zero-order valence-electron chi connectivity index (χ0n) is 9.25. The normalized spacial score (nSPS) is 15.7. The van der Waals surface area contributed by atoms with E-state index in [1.165, 1.54) is 25.7 Å². The molecule has 1 N–H and O–H groups in total. The third-order valence-corrected chi connectivity index (χ3v) is 2.26. The highest BCUT2D eigenvalue weighted by molar-refractivity contribution is 4.56. The van der Waals surface area contributed by atoms with Crippen molar-refractivity contribution >= 4 is 0 Å². The Morgan fingerprint density at radius 3 is 2.38 bits per heavy atom. The fourth-order valence-electron chi connectivity index (χ4n) is 1.30. The van der Waals surface area contributed by atoms with E-state index in [-0.39, 0.29) is 6.10 Å². The molecule has 2 atom stereocenters. The minimum Gasteiger partial charge on any atom is -0.391 e. The van der Waals surface area contributed by atoms with Crippen LogP contribution in [0.2, 0.25) is 0 Å². The third kappa shape index (κ3) is 8.26. The maximum atomic E-state index is 8.99. The number of rotatable bonds is 8. The Morgan fingerprint density at radius 2 is 1.92 bits per heavy atom. The van der Waals surface area contributed by atoms with E-state index in [4.69, 9.17) is 9.84 Å². The van der Waals surface area contributed by atoms with Crippen LogP contribution in [-0.2, 0) is 4.74 Å². The molecule has 2 nitrogen and oxygen atoms in total. The summed E-state index contributed by atoms with van der Waals surface area (Å²) >= 11 is 0. The van der Waals surface area contributed by atoms with Gasteiger partial charge in [-0.2, -0.15) is 0 Å². The summed E-state index contributed by atoms with van der Waals surface area (Å²) in [5, 5.41) is 8.99. The lowest BCUT2D eigenvalue weighted by molar-refractivity contribution is 0.0269. The van der Waals surface area contributed by atoms with E-state index in [0.29, 0.717) is 12.5 Å². The predicted molar refractivity (Wildman–Crippen MR) is 55.8 cm³/mol. The van der Waals surface area contributed by atoms with Gasteiger partial charge in [-0.25, -0.2) is 0 Å². The minimum atomic E-state index is -0.330.